The van der Waals surface area contributed by atoms with Gasteiger partial charge in [-0.05, 0) is 24.3 Å². The fraction of sp³-hybridized carbons (Fsp3) is 0.182. The summed E-state index contributed by atoms with van der Waals surface area (Å²) in [5, 5.41) is 11.7. The Labute approximate surface area is 92.2 Å². The maximum Gasteiger partial charge on any atom is 0.404 e. The molecule has 2 aromatic heterocycles. The highest BCUT2D eigenvalue weighted by Crippen LogP contribution is 2.09. The number of rotatable bonds is 3. The van der Waals surface area contributed by atoms with Crippen LogP contribution in [0.2, 0.25) is 0 Å². The second kappa shape index (κ2) is 4.57. The lowest BCUT2D eigenvalue weighted by Crippen LogP contribution is -2.23. The normalized spacial score (nSPS) is 10.2. The van der Waals surface area contributed by atoms with E-state index >= 15 is 0 Å². The number of aromatic nitrogens is 2. The first-order valence-electron chi connectivity index (χ1n) is 4.93. The van der Waals surface area contributed by atoms with Crippen LogP contribution in [-0.4, -0.2) is 27.7 Å². The van der Waals surface area contributed by atoms with Gasteiger partial charge in [0.25, 0.3) is 0 Å². The molecule has 2 N–H and O–H groups in total. The molecule has 0 aromatic carbocycles. The van der Waals surface area contributed by atoms with Gasteiger partial charge in [-0.25, -0.2) is 14.8 Å². The molecule has 2 rings (SSSR count). The SMILES string of the molecule is O=C(O)NCCc1ccc2cccnc2n1. The van der Waals surface area contributed by atoms with Crippen molar-refractivity contribution in [1.82, 2.24) is 15.3 Å². The number of carboxylic acid groups (broad SMARTS) is 1. The van der Waals surface area contributed by atoms with Crippen molar-refractivity contribution in [1.29, 1.82) is 0 Å². The summed E-state index contributed by atoms with van der Waals surface area (Å²) in [5.74, 6) is 0. The summed E-state index contributed by atoms with van der Waals surface area (Å²) in [6.07, 6.45) is 1.24. The van der Waals surface area contributed by atoms with E-state index in [2.05, 4.69) is 15.3 Å². The fourth-order valence-electron chi connectivity index (χ4n) is 1.43. The topological polar surface area (TPSA) is 75.1 Å². The van der Waals surface area contributed by atoms with Crippen LogP contribution in [0, 0.1) is 0 Å². The van der Waals surface area contributed by atoms with Crippen LogP contribution in [0.15, 0.2) is 30.5 Å². The maximum atomic E-state index is 10.3. The van der Waals surface area contributed by atoms with E-state index in [-0.39, 0.29) is 0 Å². The monoisotopic (exact) mass is 217 g/mol. The van der Waals surface area contributed by atoms with Gasteiger partial charge in [-0.3, -0.25) is 0 Å². The van der Waals surface area contributed by atoms with Crippen LogP contribution in [0.1, 0.15) is 5.69 Å². The second-order valence-electron chi connectivity index (χ2n) is 3.33. The van der Waals surface area contributed by atoms with Gasteiger partial charge in [-0.1, -0.05) is 0 Å². The zero-order valence-corrected chi connectivity index (χ0v) is 8.55. The molecule has 0 aliphatic heterocycles. The lowest BCUT2D eigenvalue weighted by atomic mass is 10.2. The van der Waals surface area contributed by atoms with Crippen molar-refractivity contribution in [2.75, 3.05) is 6.54 Å². The number of pyridine rings is 2. The number of nitrogens with zero attached hydrogens (tertiary/aromatic N) is 2. The van der Waals surface area contributed by atoms with Crippen LogP contribution in [0.25, 0.3) is 11.0 Å². The smallest absolute Gasteiger partial charge is 0.404 e. The molecule has 82 valence electrons. The standard InChI is InChI=1S/C11H11N3O2/c15-11(16)13-7-5-9-4-3-8-2-1-6-12-10(8)14-9/h1-4,6,13H,5,7H2,(H,15,16). The maximum absolute atomic E-state index is 10.3. The van der Waals surface area contributed by atoms with Gasteiger partial charge < -0.3 is 10.4 Å². The molecule has 0 spiro atoms. The number of carbonyl (C=O) groups is 1. The molecule has 0 aliphatic carbocycles. The Morgan fingerprint density at radius 2 is 2.25 bits per heavy atom. The lowest BCUT2D eigenvalue weighted by molar-refractivity contribution is 0.194. The van der Waals surface area contributed by atoms with E-state index in [1.165, 1.54) is 0 Å². The highest BCUT2D eigenvalue weighted by atomic mass is 16.4. The van der Waals surface area contributed by atoms with E-state index in [9.17, 15) is 4.79 Å². The summed E-state index contributed by atoms with van der Waals surface area (Å²) < 4.78 is 0. The van der Waals surface area contributed by atoms with Crippen LogP contribution in [0.4, 0.5) is 4.79 Å². The van der Waals surface area contributed by atoms with Gasteiger partial charge in [-0.2, -0.15) is 0 Å². The van der Waals surface area contributed by atoms with Crippen molar-refractivity contribution in [2.45, 2.75) is 6.42 Å². The Morgan fingerprint density at radius 3 is 3.06 bits per heavy atom. The van der Waals surface area contributed by atoms with Crippen molar-refractivity contribution in [3.63, 3.8) is 0 Å². The highest BCUT2D eigenvalue weighted by molar-refractivity contribution is 5.74. The van der Waals surface area contributed by atoms with E-state index in [0.717, 1.165) is 11.1 Å². The molecule has 0 fully saturated rings. The molecule has 16 heavy (non-hydrogen) atoms. The van der Waals surface area contributed by atoms with Crippen LogP contribution in [0.5, 0.6) is 0 Å². The summed E-state index contributed by atoms with van der Waals surface area (Å²) >= 11 is 0. The molecule has 5 heteroatoms. The molecule has 2 heterocycles. The van der Waals surface area contributed by atoms with Crippen molar-refractivity contribution in [2.24, 2.45) is 0 Å². The third-order valence-electron chi connectivity index (χ3n) is 2.18. The molecule has 2 aromatic rings. The highest BCUT2D eigenvalue weighted by Gasteiger charge is 2.00. The van der Waals surface area contributed by atoms with E-state index in [1.807, 2.05) is 24.3 Å². The molecule has 1 amide bonds. The number of nitrogens with one attached hydrogen (secondary N) is 1. The molecule has 0 atom stereocenters. The summed E-state index contributed by atoms with van der Waals surface area (Å²) in [6.45, 7) is 0.362. The van der Waals surface area contributed by atoms with Gasteiger partial charge >= 0.3 is 6.09 Å². The predicted octanol–water partition coefficient (Wildman–Crippen LogP) is 1.44. The number of hydrogen-bond acceptors (Lipinski definition) is 3. The van der Waals surface area contributed by atoms with Crippen LogP contribution >= 0.6 is 0 Å². The molecular formula is C11H11N3O2. The Bertz CT molecular complexity index is 513. The average Bonchev–Trinajstić information content (AvgIpc) is 2.28. The molecule has 0 unspecified atom stereocenters. The molecule has 0 saturated carbocycles. The Balaban J connectivity index is 2.10. The third-order valence-corrected chi connectivity index (χ3v) is 2.18. The quantitative estimate of drug-likeness (QED) is 0.815. The summed E-state index contributed by atoms with van der Waals surface area (Å²) in [4.78, 5) is 18.7. The van der Waals surface area contributed by atoms with Crippen molar-refractivity contribution >= 4 is 17.1 Å². The molecule has 0 saturated heterocycles. The molecule has 0 aliphatic rings. The average molecular weight is 217 g/mol. The van der Waals surface area contributed by atoms with Gasteiger partial charge in [-0.15, -0.1) is 0 Å². The first-order valence-corrected chi connectivity index (χ1v) is 4.93. The van der Waals surface area contributed by atoms with Gasteiger partial charge in [0.15, 0.2) is 5.65 Å². The summed E-state index contributed by atoms with van der Waals surface area (Å²) in [7, 11) is 0. The number of fused-ring (bicyclic) bond motifs is 1. The zero-order valence-electron chi connectivity index (χ0n) is 8.55. The first kappa shape index (κ1) is 10.4. The van der Waals surface area contributed by atoms with Gasteiger partial charge in [0.05, 0.1) is 0 Å². The minimum Gasteiger partial charge on any atom is -0.465 e. The van der Waals surface area contributed by atoms with E-state index < -0.39 is 6.09 Å². The second-order valence-corrected chi connectivity index (χ2v) is 3.33. The van der Waals surface area contributed by atoms with Gasteiger partial charge in [0, 0.05) is 30.2 Å². The predicted molar refractivity (Wildman–Crippen MR) is 59.3 cm³/mol. The summed E-state index contributed by atoms with van der Waals surface area (Å²) in [5.41, 5.74) is 1.52. The zero-order chi connectivity index (χ0) is 11.4. The fourth-order valence-corrected chi connectivity index (χ4v) is 1.43. The Kier molecular flexibility index (Phi) is 2.95. The molecule has 0 radical (unpaired) electrons. The Hall–Kier alpha value is -2.17. The molecule has 0 bridgehead atoms. The van der Waals surface area contributed by atoms with Crippen LogP contribution in [0.3, 0.4) is 0 Å². The van der Waals surface area contributed by atoms with Crippen LogP contribution < -0.4 is 5.32 Å². The number of hydrogen-bond donors (Lipinski definition) is 2. The van der Waals surface area contributed by atoms with E-state index in [4.69, 9.17) is 5.11 Å². The van der Waals surface area contributed by atoms with Gasteiger partial charge in [0.1, 0.15) is 0 Å². The third kappa shape index (κ3) is 2.44. The minimum absolute atomic E-state index is 0.362. The van der Waals surface area contributed by atoms with E-state index in [1.54, 1.807) is 6.20 Å². The first-order chi connectivity index (χ1) is 7.75. The minimum atomic E-state index is -1.01. The lowest BCUT2D eigenvalue weighted by Gasteiger charge is -2.02. The largest absolute Gasteiger partial charge is 0.465 e. The van der Waals surface area contributed by atoms with Crippen LogP contribution in [-0.2, 0) is 6.42 Å². The molecule has 5 nitrogen and oxygen atoms in total. The number of amides is 1. The van der Waals surface area contributed by atoms with Gasteiger partial charge in [0.2, 0.25) is 0 Å². The van der Waals surface area contributed by atoms with Crippen molar-refractivity contribution in [3.05, 3.63) is 36.2 Å². The Morgan fingerprint density at radius 1 is 1.38 bits per heavy atom. The van der Waals surface area contributed by atoms with Crippen molar-refractivity contribution in [3.8, 4) is 0 Å². The molecular weight excluding hydrogens is 206 g/mol. The van der Waals surface area contributed by atoms with E-state index in [0.29, 0.717) is 18.6 Å². The van der Waals surface area contributed by atoms with Crippen molar-refractivity contribution < 1.29 is 9.90 Å². The summed E-state index contributed by atoms with van der Waals surface area (Å²) in [6, 6.07) is 7.61.